The minimum atomic E-state index is -0.951. The molecule has 1 amide bonds. The number of ether oxygens (including phenoxy) is 1. The summed E-state index contributed by atoms with van der Waals surface area (Å²) in [4.78, 5) is 16.1. The zero-order valence-corrected chi connectivity index (χ0v) is 12.9. The van der Waals surface area contributed by atoms with E-state index in [1.54, 1.807) is 24.3 Å². The van der Waals surface area contributed by atoms with Gasteiger partial charge in [-0.05, 0) is 24.3 Å². The molecule has 0 radical (unpaired) electrons. The molecule has 2 aromatic heterocycles. The minimum Gasteiger partial charge on any atom is -0.487 e. The number of nitrogens with one attached hydrogen (secondary N) is 1. The van der Waals surface area contributed by atoms with Gasteiger partial charge in [0.2, 0.25) is 5.91 Å². The summed E-state index contributed by atoms with van der Waals surface area (Å²) in [6.07, 6.45) is 3.83. The molecule has 3 rings (SSSR count). The van der Waals surface area contributed by atoms with E-state index in [9.17, 15) is 4.79 Å². The fourth-order valence-electron chi connectivity index (χ4n) is 2.20. The average Bonchev–Trinajstić information content (AvgIpc) is 3.02. The Labute approximate surface area is 138 Å². The van der Waals surface area contributed by atoms with Crippen molar-refractivity contribution in [1.29, 1.82) is 0 Å². The number of nitrogens with two attached hydrogens (primary N) is 1. The number of rotatable bonds is 6. The van der Waals surface area contributed by atoms with Crippen LogP contribution in [0.2, 0.25) is 0 Å². The summed E-state index contributed by atoms with van der Waals surface area (Å²) in [5.74, 6) is 0.150. The second-order valence-corrected chi connectivity index (χ2v) is 5.29. The molecule has 0 saturated carbocycles. The number of aliphatic hydroxyl groups excluding tert-OH is 1. The maximum Gasteiger partial charge on any atom is 0.243 e. The predicted molar refractivity (Wildman–Crippen MR) is 89.7 cm³/mol. The second kappa shape index (κ2) is 7.12. The Morgan fingerprint density at radius 3 is 3.00 bits per heavy atom. The van der Waals surface area contributed by atoms with Crippen LogP contribution in [0.15, 0.2) is 54.9 Å². The monoisotopic (exact) mass is 326 g/mol. The van der Waals surface area contributed by atoms with Gasteiger partial charge in [-0.1, -0.05) is 12.1 Å². The third kappa shape index (κ3) is 3.70. The van der Waals surface area contributed by atoms with Crippen LogP contribution in [-0.2, 0) is 11.4 Å². The van der Waals surface area contributed by atoms with Crippen LogP contribution in [0.5, 0.6) is 5.75 Å². The van der Waals surface area contributed by atoms with Crippen LogP contribution in [0.4, 0.5) is 5.69 Å². The van der Waals surface area contributed by atoms with Crippen LogP contribution in [0.25, 0.3) is 5.65 Å². The number of imidazole rings is 1. The maximum atomic E-state index is 11.7. The van der Waals surface area contributed by atoms with E-state index in [0.717, 1.165) is 11.3 Å². The average molecular weight is 326 g/mol. The number of nitrogens with zero attached hydrogens (tertiary/aromatic N) is 2. The van der Waals surface area contributed by atoms with Crippen molar-refractivity contribution in [2.45, 2.75) is 12.6 Å². The number of aromatic nitrogens is 2. The molecule has 124 valence electrons. The molecular weight excluding hydrogens is 308 g/mol. The van der Waals surface area contributed by atoms with Gasteiger partial charge in [0.1, 0.15) is 24.0 Å². The van der Waals surface area contributed by atoms with Crippen molar-refractivity contribution in [2.24, 2.45) is 5.73 Å². The summed E-state index contributed by atoms with van der Waals surface area (Å²) in [6.45, 7) is -0.0921. The first-order valence-electron chi connectivity index (χ1n) is 7.48. The lowest BCUT2D eigenvalue weighted by Crippen LogP contribution is -2.38. The van der Waals surface area contributed by atoms with Crippen molar-refractivity contribution in [3.05, 3.63) is 60.6 Å². The third-order valence-corrected chi connectivity index (χ3v) is 3.44. The number of amides is 1. The van der Waals surface area contributed by atoms with Crippen molar-refractivity contribution in [2.75, 3.05) is 11.9 Å². The molecule has 7 heteroatoms. The summed E-state index contributed by atoms with van der Waals surface area (Å²) in [5, 5.41) is 11.5. The van der Waals surface area contributed by atoms with Crippen molar-refractivity contribution in [1.82, 2.24) is 9.38 Å². The summed E-state index contributed by atoms with van der Waals surface area (Å²) in [7, 11) is 0. The number of hydrogen-bond acceptors (Lipinski definition) is 5. The fourth-order valence-corrected chi connectivity index (χ4v) is 2.20. The molecule has 7 nitrogen and oxygen atoms in total. The van der Waals surface area contributed by atoms with Crippen LogP contribution in [0, 0.1) is 0 Å². The zero-order chi connectivity index (χ0) is 16.9. The van der Waals surface area contributed by atoms with Gasteiger partial charge in [0.15, 0.2) is 0 Å². The van der Waals surface area contributed by atoms with E-state index in [4.69, 9.17) is 15.6 Å². The highest BCUT2D eigenvalue weighted by Crippen LogP contribution is 2.19. The summed E-state index contributed by atoms with van der Waals surface area (Å²) in [5.41, 5.74) is 7.68. The van der Waals surface area contributed by atoms with Gasteiger partial charge in [-0.3, -0.25) is 4.79 Å². The highest BCUT2D eigenvalue weighted by Gasteiger charge is 2.12. The Kier molecular flexibility index (Phi) is 4.74. The van der Waals surface area contributed by atoms with E-state index in [2.05, 4.69) is 10.3 Å². The molecule has 1 aromatic carbocycles. The normalized spacial score (nSPS) is 12.1. The van der Waals surface area contributed by atoms with Gasteiger partial charge >= 0.3 is 0 Å². The Hall–Kier alpha value is -2.90. The van der Waals surface area contributed by atoms with E-state index in [1.165, 1.54) is 0 Å². The molecule has 0 spiro atoms. The van der Waals surface area contributed by atoms with E-state index >= 15 is 0 Å². The first-order valence-corrected chi connectivity index (χ1v) is 7.48. The largest absolute Gasteiger partial charge is 0.487 e. The second-order valence-electron chi connectivity index (χ2n) is 5.29. The molecule has 0 unspecified atom stereocenters. The topological polar surface area (TPSA) is 102 Å². The van der Waals surface area contributed by atoms with Crippen LogP contribution >= 0.6 is 0 Å². The quantitative estimate of drug-likeness (QED) is 0.631. The van der Waals surface area contributed by atoms with Crippen molar-refractivity contribution in [3.8, 4) is 5.75 Å². The molecule has 0 bridgehead atoms. The van der Waals surface area contributed by atoms with Crippen molar-refractivity contribution >= 4 is 17.2 Å². The van der Waals surface area contributed by atoms with Gasteiger partial charge in [0, 0.05) is 24.1 Å². The van der Waals surface area contributed by atoms with Gasteiger partial charge in [0.05, 0.1) is 12.3 Å². The number of anilines is 1. The molecule has 0 saturated heterocycles. The number of fused-ring (bicyclic) bond motifs is 1. The molecule has 0 aliphatic rings. The molecule has 2 heterocycles. The smallest absolute Gasteiger partial charge is 0.243 e. The molecule has 1 atom stereocenters. The van der Waals surface area contributed by atoms with Crippen molar-refractivity contribution in [3.63, 3.8) is 0 Å². The Balaban J connectivity index is 1.65. The number of carbonyl (C=O) groups excluding carboxylic acids is 1. The SMILES string of the molecule is N[C@@H](CO)C(=O)Nc1cccc(OCc2cn3ccccc3n2)c1. The van der Waals surface area contributed by atoms with Crippen LogP contribution in [-0.4, -0.2) is 33.0 Å². The van der Waals surface area contributed by atoms with E-state index in [-0.39, 0.29) is 0 Å². The Bertz CT molecular complexity index is 813. The lowest BCUT2D eigenvalue weighted by Gasteiger charge is -2.11. The third-order valence-electron chi connectivity index (χ3n) is 3.44. The van der Waals surface area contributed by atoms with Crippen LogP contribution in [0.1, 0.15) is 5.69 Å². The minimum absolute atomic E-state index is 0.315. The first-order chi connectivity index (χ1) is 11.7. The van der Waals surface area contributed by atoms with Gasteiger partial charge in [-0.2, -0.15) is 0 Å². The van der Waals surface area contributed by atoms with Gasteiger partial charge in [0.25, 0.3) is 0 Å². The zero-order valence-electron chi connectivity index (χ0n) is 12.9. The van der Waals surface area contributed by atoms with E-state index in [1.807, 2.05) is 35.0 Å². The summed E-state index contributed by atoms with van der Waals surface area (Å²) >= 11 is 0. The molecule has 0 aliphatic heterocycles. The Morgan fingerprint density at radius 2 is 2.21 bits per heavy atom. The van der Waals surface area contributed by atoms with Gasteiger partial charge in [-0.25, -0.2) is 4.98 Å². The van der Waals surface area contributed by atoms with Crippen LogP contribution < -0.4 is 15.8 Å². The number of carbonyl (C=O) groups is 1. The number of hydrogen-bond donors (Lipinski definition) is 3. The van der Waals surface area contributed by atoms with Gasteiger partial charge < -0.3 is 25.3 Å². The standard InChI is InChI=1S/C17H18N4O3/c18-15(10-22)17(23)20-12-4-3-5-14(8-12)24-11-13-9-21-7-2-1-6-16(21)19-13/h1-9,15,22H,10-11,18H2,(H,20,23)/t15-/m0/s1. The molecular formula is C17H18N4O3. The summed E-state index contributed by atoms with van der Waals surface area (Å²) < 4.78 is 7.65. The van der Waals surface area contributed by atoms with E-state index < -0.39 is 18.6 Å². The first kappa shape index (κ1) is 16.0. The molecule has 24 heavy (non-hydrogen) atoms. The lowest BCUT2D eigenvalue weighted by molar-refractivity contribution is -0.118. The van der Waals surface area contributed by atoms with Crippen LogP contribution in [0.3, 0.4) is 0 Å². The lowest BCUT2D eigenvalue weighted by atomic mass is 10.2. The molecule has 0 aliphatic carbocycles. The molecule has 3 aromatic rings. The van der Waals surface area contributed by atoms with Crippen molar-refractivity contribution < 1.29 is 14.6 Å². The number of benzene rings is 1. The molecule has 0 fully saturated rings. The number of aliphatic hydroxyl groups is 1. The maximum absolute atomic E-state index is 11.7. The molecule has 4 N–H and O–H groups in total. The highest BCUT2D eigenvalue weighted by molar-refractivity contribution is 5.94. The predicted octanol–water partition coefficient (Wildman–Crippen LogP) is 1.17. The summed E-state index contributed by atoms with van der Waals surface area (Å²) in [6, 6.07) is 11.8. The van der Waals surface area contributed by atoms with E-state index in [0.29, 0.717) is 18.0 Å². The highest BCUT2D eigenvalue weighted by atomic mass is 16.5. The fraction of sp³-hybridized carbons (Fsp3) is 0.176. The number of pyridine rings is 1. The Morgan fingerprint density at radius 1 is 1.33 bits per heavy atom. The van der Waals surface area contributed by atoms with Gasteiger partial charge in [-0.15, -0.1) is 0 Å².